The monoisotopic (exact) mass is 236 g/mol. The molecular weight excluding hydrogens is 229 g/mol. The van der Waals surface area contributed by atoms with E-state index in [4.69, 9.17) is 10.5 Å². The van der Waals surface area contributed by atoms with Gasteiger partial charge in [-0.25, -0.2) is 0 Å². The van der Waals surface area contributed by atoms with Gasteiger partial charge in [0.05, 0.1) is 28.7 Å². The summed E-state index contributed by atoms with van der Waals surface area (Å²) in [6, 6.07) is 6.79. The summed E-state index contributed by atoms with van der Waals surface area (Å²) in [7, 11) is 0. The first-order chi connectivity index (χ1) is 7.93. The Morgan fingerprint density at radius 3 is 2.24 bits per heavy atom. The maximum Gasteiger partial charge on any atom is 0.416 e. The first kappa shape index (κ1) is 11.5. The van der Waals surface area contributed by atoms with Gasteiger partial charge in [0.2, 0.25) is 0 Å². The van der Waals surface area contributed by atoms with Crippen LogP contribution in [-0.2, 0) is 11.6 Å². The van der Waals surface area contributed by atoms with Crippen LogP contribution in [0.15, 0.2) is 18.2 Å². The molecule has 1 saturated carbocycles. The number of benzene rings is 1. The normalized spacial score (nSPS) is 17.0. The van der Waals surface area contributed by atoms with E-state index in [0.717, 1.165) is 12.1 Å². The summed E-state index contributed by atoms with van der Waals surface area (Å²) in [4.78, 5) is 0. The summed E-state index contributed by atoms with van der Waals surface area (Å²) < 4.78 is 37.4. The zero-order chi connectivity index (χ0) is 12.7. The van der Waals surface area contributed by atoms with Crippen LogP contribution < -0.4 is 0 Å². The molecule has 17 heavy (non-hydrogen) atoms. The molecule has 1 fully saturated rings. The lowest BCUT2D eigenvalue weighted by atomic mass is 9.91. The molecule has 1 aromatic carbocycles. The molecule has 5 heteroatoms. The molecule has 1 aliphatic carbocycles. The second kappa shape index (κ2) is 3.49. The molecule has 86 valence electrons. The lowest BCUT2D eigenvalue weighted by Crippen LogP contribution is -2.10. The molecule has 0 heterocycles. The summed E-state index contributed by atoms with van der Waals surface area (Å²) >= 11 is 0. The minimum atomic E-state index is -4.46. The average Bonchev–Trinajstić information content (AvgIpc) is 3.08. The smallest absolute Gasteiger partial charge is 0.197 e. The van der Waals surface area contributed by atoms with E-state index in [1.54, 1.807) is 6.07 Å². The van der Waals surface area contributed by atoms with Gasteiger partial charge in [0.25, 0.3) is 0 Å². The van der Waals surface area contributed by atoms with Gasteiger partial charge in [-0.3, -0.25) is 0 Å². The van der Waals surface area contributed by atoms with Crippen molar-refractivity contribution in [3.63, 3.8) is 0 Å². The van der Waals surface area contributed by atoms with Crippen LogP contribution in [0.4, 0.5) is 13.2 Å². The van der Waals surface area contributed by atoms with Gasteiger partial charge in [-0.2, -0.15) is 23.7 Å². The van der Waals surface area contributed by atoms with Gasteiger partial charge in [-0.1, -0.05) is 6.07 Å². The summed E-state index contributed by atoms with van der Waals surface area (Å²) in [6.45, 7) is 0. The first-order valence-electron chi connectivity index (χ1n) is 4.96. The molecular formula is C12H7F3N2. The molecule has 1 aromatic rings. The number of alkyl halides is 3. The molecule has 0 amide bonds. The highest BCUT2D eigenvalue weighted by Gasteiger charge is 2.46. The van der Waals surface area contributed by atoms with Crippen molar-refractivity contribution in [2.75, 3.05) is 0 Å². The molecule has 0 aromatic heterocycles. The van der Waals surface area contributed by atoms with Gasteiger partial charge in [-0.05, 0) is 30.5 Å². The maximum absolute atomic E-state index is 12.5. The molecule has 0 aliphatic heterocycles. The van der Waals surface area contributed by atoms with Crippen LogP contribution in [0.25, 0.3) is 0 Å². The highest BCUT2D eigenvalue weighted by molar-refractivity contribution is 5.51. The third-order valence-corrected chi connectivity index (χ3v) is 2.95. The Morgan fingerprint density at radius 2 is 1.82 bits per heavy atom. The van der Waals surface area contributed by atoms with Crippen LogP contribution in [-0.4, -0.2) is 0 Å². The first-order valence-corrected chi connectivity index (χ1v) is 4.96. The fourth-order valence-electron chi connectivity index (χ4n) is 1.80. The third-order valence-electron chi connectivity index (χ3n) is 2.95. The van der Waals surface area contributed by atoms with E-state index in [1.165, 1.54) is 6.07 Å². The zero-order valence-corrected chi connectivity index (χ0v) is 8.67. The van der Waals surface area contributed by atoms with Crippen molar-refractivity contribution in [1.82, 2.24) is 0 Å². The van der Waals surface area contributed by atoms with Crippen LogP contribution in [0, 0.1) is 22.7 Å². The van der Waals surface area contributed by atoms with E-state index in [9.17, 15) is 13.2 Å². The molecule has 1 aliphatic rings. The lowest BCUT2D eigenvalue weighted by molar-refractivity contribution is -0.137. The summed E-state index contributed by atoms with van der Waals surface area (Å²) in [6.07, 6.45) is -3.26. The van der Waals surface area contributed by atoms with E-state index in [-0.39, 0.29) is 5.56 Å². The van der Waals surface area contributed by atoms with Gasteiger partial charge in [0.1, 0.15) is 0 Å². The Kier molecular flexibility index (Phi) is 2.36. The molecule has 0 atom stereocenters. The van der Waals surface area contributed by atoms with Crippen LogP contribution in [0.3, 0.4) is 0 Å². The van der Waals surface area contributed by atoms with E-state index >= 15 is 0 Å². The van der Waals surface area contributed by atoms with Crippen molar-refractivity contribution >= 4 is 0 Å². The Bertz CT molecular complexity index is 542. The second-order valence-corrected chi connectivity index (χ2v) is 4.06. The van der Waals surface area contributed by atoms with Gasteiger partial charge in [0.15, 0.2) is 0 Å². The SMILES string of the molecule is N#Cc1cc(C(F)(F)F)ccc1C1(C#N)CC1. The number of hydrogen-bond acceptors (Lipinski definition) is 2. The average molecular weight is 236 g/mol. The predicted octanol–water partition coefficient (Wildman–Crippen LogP) is 3.13. The Balaban J connectivity index is 2.53. The minimum absolute atomic E-state index is 0.0566. The van der Waals surface area contributed by atoms with Gasteiger partial charge in [-0.15, -0.1) is 0 Å². The third kappa shape index (κ3) is 1.85. The van der Waals surface area contributed by atoms with Crippen molar-refractivity contribution in [2.24, 2.45) is 0 Å². The molecule has 0 N–H and O–H groups in total. The standard InChI is InChI=1S/C12H7F3N2/c13-12(14,15)9-1-2-10(8(5-9)6-16)11(7-17)3-4-11/h1-2,5H,3-4H2. The molecule has 2 nitrogen and oxygen atoms in total. The predicted molar refractivity (Wildman–Crippen MR) is 52.7 cm³/mol. The fourth-order valence-corrected chi connectivity index (χ4v) is 1.80. The highest BCUT2D eigenvalue weighted by Crippen LogP contribution is 2.49. The lowest BCUT2D eigenvalue weighted by Gasteiger charge is -2.12. The van der Waals surface area contributed by atoms with E-state index in [1.807, 2.05) is 0 Å². The summed E-state index contributed by atoms with van der Waals surface area (Å²) in [5.41, 5.74) is -1.24. The topological polar surface area (TPSA) is 47.6 Å². The zero-order valence-electron chi connectivity index (χ0n) is 8.67. The number of rotatable bonds is 1. The Morgan fingerprint density at radius 1 is 1.18 bits per heavy atom. The molecule has 0 radical (unpaired) electrons. The summed E-state index contributed by atoms with van der Waals surface area (Å²) in [5.74, 6) is 0. The van der Waals surface area contributed by atoms with Crippen molar-refractivity contribution in [2.45, 2.75) is 24.4 Å². The minimum Gasteiger partial charge on any atom is -0.197 e. The summed E-state index contributed by atoms with van der Waals surface area (Å²) in [5, 5.41) is 17.8. The van der Waals surface area contributed by atoms with Crippen molar-refractivity contribution < 1.29 is 13.2 Å². The van der Waals surface area contributed by atoms with E-state index < -0.39 is 17.2 Å². The molecule has 0 saturated heterocycles. The van der Waals surface area contributed by atoms with Crippen molar-refractivity contribution in [3.05, 3.63) is 34.9 Å². The largest absolute Gasteiger partial charge is 0.416 e. The molecule has 0 bridgehead atoms. The fraction of sp³-hybridized carbons (Fsp3) is 0.333. The molecule has 0 spiro atoms. The van der Waals surface area contributed by atoms with Crippen LogP contribution in [0.1, 0.15) is 29.5 Å². The Labute approximate surface area is 95.9 Å². The van der Waals surface area contributed by atoms with E-state index in [2.05, 4.69) is 6.07 Å². The van der Waals surface area contributed by atoms with Crippen LogP contribution in [0.2, 0.25) is 0 Å². The number of halogens is 3. The van der Waals surface area contributed by atoms with Crippen LogP contribution in [0.5, 0.6) is 0 Å². The highest BCUT2D eigenvalue weighted by atomic mass is 19.4. The Hall–Kier alpha value is -2.01. The van der Waals surface area contributed by atoms with Gasteiger partial charge < -0.3 is 0 Å². The number of nitrogens with zero attached hydrogens (tertiary/aromatic N) is 2. The maximum atomic E-state index is 12.5. The molecule has 2 rings (SSSR count). The second-order valence-electron chi connectivity index (χ2n) is 4.06. The molecule has 0 unspecified atom stereocenters. The van der Waals surface area contributed by atoms with Crippen molar-refractivity contribution in [3.8, 4) is 12.1 Å². The van der Waals surface area contributed by atoms with Crippen molar-refractivity contribution in [1.29, 1.82) is 10.5 Å². The van der Waals surface area contributed by atoms with Crippen LogP contribution >= 0.6 is 0 Å². The van der Waals surface area contributed by atoms with Gasteiger partial charge >= 0.3 is 6.18 Å². The quantitative estimate of drug-likeness (QED) is 0.752. The van der Waals surface area contributed by atoms with Gasteiger partial charge in [0, 0.05) is 0 Å². The number of hydrogen-bond donors (Lipinski definition) is 0. The van der Waals surface area contributed by atoms with E-state index in [0.29, 0.717) is 18.4 Å². The number of nitriles is 2.